The molecule has 18 heavy (non-hydrogen) atoms. The molecule has 4 nitrogen and oxygen atoms in total. The van der Waals surface area contributed by atoms with Crippen LogP contribution >= 0.6 is 11.8 Å². The third-order valence-electron chi connectivity index (χ3n) is 2.33. The molecule has 1 aromatic heterocycles. The molecule has 0 spiro atoms. The Morgan fingerprint density at radius 1 is 1.56 bits per heavy atom. The summed E-state index contributed by atoms with van der Waals surface area (Å²) in [6.45, 7) is 6.40. The van der Waals surface area contributed by atoms with E-state index in [0.29, 0.717) is 23.6 Å². The Balaban J connectivity index is 2.73. The first-order chi connectivity index (χ1) is 8.58. The number of aryl methyl sites for hydroxylation is 2. The van der Waals surface area contributed by atoms with Gasteiger partial charge in [-0.2, -0.15) is 5.26 Å². The first-order valence-corrected chi connectivity index (χ1v) is 6.84. The van der Waals surface area contributed by atoms with Gasteiger partial charge in [0, 0.05) is 17.1 Å². The summed E-state index contributed by atoms with van der Waals surface area (Å²) in [7, 11) is 0. The first kappa shape index (κ1) is 14.5. The topological polar surface area (TPSA) is 65.8 Å². The second-order valence-electron chi connectivity index (χ2n) is 3.97. The Morgan fingerprint density at radius 2 is 2.28 bits per heavy atom. The lowest BCUT2D eigenvalue weighted by Gasteiger charge is -2.07. The Labute approximate surface area is 112 Å². The molecule has 0 aliphatic rings. The van der Waals surface area contributed by atoms with E-state index < -0.39 is 0 Å². The largest absolute Gasteiger partial charge is 0.355 e. The molecule has 1 heterocycles. The van der Waals surface area contributed by atoms with Crippen molar-refractivity contribution < 1.29 is 4.79 Å². The molecular weight excluding hydrogens is 246 g/mol. The Kier molecular flexibility index (Phi) is 5.66. The number of aromatic nitrogens is 1. The predicted molar refractivity (Wildman–Crippen MR) is 72.5 cm³/mol. The monoisotopic (exact) mass is 263 g/mol. The van der Waals surface area contributed by atoms with Crippen molar-refractivity contribution in [2.45, 2.75) is 32.1 Å². The van der Waals surface area contributed by atoms with Crippen molar-refractivity contribution in [1.82, 2.24) is 10.3 Å². The minimum Gasteiger partial charge on any atom is -0.355 e. The first-order valence-electron chi connectivity index (χ1n) is 5.86. The van der Waals surface area contributed by atoms with E-state index in [1.54, 1.807) is 0 Å². The van der Waals surface area contributed by atoms with Crippen LogP contribution in [0.25, 0.3) is 0 Å². The number of thioether (sulfide) groups is 1. The highest BCUT2D eigenvalue weighted by molar-refractivity contribution is 8.00. The molecule has 0 radical (unpaired) electrons. The molecule has 1 aromatic rings. The highest BCUT2D eigenvalue weighted by Gasteiger charge is 2.10. The highest BCUT2D eigenvalue weighted by atomic mass is 32.2. The summed E-state index contributed by atoms with van der Waals surface area (Å²) in [5.74, 6) is 0.329. The van der Waals surface area contributed by atoms with Crippen LogP contribution in [-0.4, -0.2) is 23.2 Å². The second kappa shape index (κ2) is 7.02. The summed E-state index contributed by atoms with van der Waals surface area (Å²) >= 11 is 1.38. The molecule has 0 bridgehead atoms. The number of nitrogens with zero attached hydrogens (tertiary/aromatic N) is 2. The SMILES string of the molecule is CCCNC(=O)CSc1cc(C)nc(C)c1C#N. The van der Waals surface area contributed by atoms with Crippen molar-refractivity contribution in [2.75, 3.05) is 12.3 Å². The molecule has 0 fully saturated rings. The molecule has 0 saturated carbocycles. The fourth-order valence-corrected chi connectivity index (χ4v) is 2.48. The van der Waals surface area contributed by atoms with Gasteiger partial charge >= 0.3 is 0 Å². The molecule has 1 N–H and O–H groups in total. The van der Waals surface area contributed by atoms with Crippen molar-refractivity contribution in [1.29, 1.82) is 5.26 Å². The average Bonchev–Trinajstić information content (AvgIpc) is 2.33. The van der Waals surface area contributed by atoms with Crippen LogP contribution in [0, 0.1) is 25.2 Å². The maximum Gasteiger partial charge on any atom is 0.230 e. The van der Waals surface area contributed by atoms with E-state index in [2.05, 4.69) is 16.4 Å². The zero-order valence-corrected chi connectivity index (χ0v) is 11.7. The van der Waals surface area contributed by atoms with E-state index in [-0.39, 0.29) is 5.91 Å². The van der Waals surface area contributed by atoms with Crippen LogP contribution < -0.4 is 5.32 Å². The zero-order valence-electron chi connectivity index (χ0n) is 10.9. The average molecular weight is 263 g/mol. The number of nitrogens with one attached hydrogen (secondary N) is 1. The zero-order chi connectivity index (χ0) is 13.5. The fraction of sp³-hybridized carbons (Fsp3) is 0.462. The third-order valence-corrected chi connectivity index (χ3v) is 3.37. The number of pyridine rings is 1. The van der Waals surface area contributed by atoms with Gasteiger partial charge in [0.25, 0.3) is 0 Å². The maximum atomic E-state index is 11.5. The molecule has 0 atom stereocenters. The third kappa shape index (κ3) is 4.04. The summed E-state index contributed by atoms with van der Waals surface area (Å²) in [5.41, 5.74) is 2.14. The van der Waals surface area contributed by atoms with Gasteiger partial charge in [-0.25, -0.2) is 0 Å². The number of rotatable bonds is 5. The standard InChI is InChI=1S/C13H17N3OS/c1-4-5-15-13(17)8-18-12-6-9(2)16-10(3)11(12)7-14/h6H,4-5,8H2,1-3H3,(H,15,17). The molecule has 96 valence electrons. The molecule has 1 rings (SSSR count). The lowest BCUT2D eigenvalue weighted by Crippen LogP contribution is -2.25. The van der Waals surface area contributed by atoms with Gasteiger partial charge in [-0.3, -0.25) is 9.78 Å². The smallest absolute Gasteiger partial charge is 0.230 e. The number of carbonyl (C=O) groups is 1. The lowest BCUT2D eigenvalue weighted by molar-refractivity contribution is -0.118. The maximum absolute atomic E-state index is 11.5. The van der Waals surface area contributed by atoms with E-state index in [4.69, 9.17) is 5.26 Å². The normalized spacial score (nSPS) is 9.89. The molecule has 5 heteroatoms. The van der Waals surface area contributed by atoms with Crippen molar-refractivity contribution in [2.24, 2.45) is 0 Å². The summed E-state index contributed by atoms with van der Waals surface area (Å²) in [4.78, 5) is 16.6. The van der Waals surface area contributed by atoms with Gasteiger partial charge in [0.2, 0.25) is 5.91 Å². The number of carbonyl (C=O) groups excluding carboxylic acids is 1. The molecule has 0 aromatic carbocycles. The van der Waals surface area contributed by atoms with Crippen LogP contribution in [0.5, 0.6) is 0 Å². The van der Waals surface area contributed by atoms with Gasteiger partial charge in [0.15, 0.2) is 0 Å². The quantitative estimate of drug-likeness (QED) is 0.827. The summed E-state index contributed by atoms with van der Waals surface area (Å²) in [6, 6.07) is 3.99. The van der Waals surface area contributed by atoms with E-state index >= 15 is 0 Å². The summed E-state index contributed by atoms with van der Waals surface area (Å²) < 4.78 is 0. The van der Waals surface area contributed by atoms with Crippen molar-refractivity contribution in [3.63, 3.8) is 0 Å². The van der Waals surface area contributed by atoms with E-state index in [1.165, 1.54) is 11.8 Å². The van der Waals surface area contributed by atoms with Gasteiger partial charge in [-0.1, -0.05) is 6.92 Å². The number of nitriles is 1. The van der Waals surface area contributed by atoms with Crippen LogP contribution in [0.1, 0.15) is 30.3 Å². The van der Waals surface area contributed by atoms with Crippen molar-refractivity contribution >= 4 is 17.7 Å². The minimum absolute atomic E-state index is 0.00198. The Bertz CT molecular complexity index is 480. The van der Waals surface area contributed by atoms with E-state index in [9.17, 15) is 4.79 Å². The van der Waals surface area contributed by atoms with Crippen LogP contribution in [-0.2, 0) is 4.79 Å². The van der Waals surface area contributed by atoms with Gasteiger partial charge in [-0.05, 0) is 26.3 Å². The number of amides is 1. The van der Waals surface area contributed by atoms with Gasteiger partial charge in [0.05, 0.1) is 17.0 Å². The van der Waals surface area contributed by atoms with Crippen molar-refractivity contribution in [3.8, 4) is 6.07 Å². The van der Waals surface area contributed by atoms with Gasteiger partial charge in [-0.15, -0.1) is 11.8 Å². The Hall–Kier alpha value is -1.54. The molecule has 1 amide bonds. The number of hydrogen-bond acceptors (Lipinski definition) is 4. The van der Waals surface area contributed by atoms with Gasteiger partial charge < -0.3 is 5.32 Å². The highest BCUT2D eigenvalue weighted by Crippen LogP contribution is 2.24. The predicted octanol–water partition coefficient (Wildman–Crippen LogP) is 2.19. The summed E-state index contributed by atoms with van der Waals surface area (Å²) in [5, 5.41) is 11.9. The van der Waals surface area contributed by atoms with Crippen LogP contribution in [0.15, 0.2) is 11.0 Å². The van der Waals surface area contributed by atoms with E-state index in [1.807, 2.05) is 26.8 Å². The van der Waals surface area contributed by atoms with Crippen LogP contribution in [0.2, 0.25) is 0 Å². The second-order valence-corrected chi connectivity index (χ2v) is 4.99. The minimum atomic E-state index is -0.00198. The lowest BCUT2D eigenvalue weighted by atomic mass is 10.2. The Morgan fingerprint density at radius 3 is 2.89 bits per heavy atom. The van der Waals surface area contributed by atoms with Gasteiger partial charge in [0.1, 0.15) is 6.07 Å². The number of hydrogen-bond donors (Lipinski definition) is 1. The molecular formula is C13H17N3OS. The van der Waals surface area contributed by atoms with Crippen LogP contribution in [0.4, 0.5) is 0 Å². The molecule has 0 unspecified atom stereocenters. The van der Waals surface area contributed by atoms with Crippen molar-refractivity contribution in [3.05, 3.63) is 23.0 Å². The summed E-state index contributed by atoms with van der Waals surface area (Å²) in [6.07, 6.45) is 0.924. The molecule has 0 aliphatic heterocycles. The van der Waals surface area contributed by atoms with E-state index in [0.717, 1.165) is 17.0 Å². The van der Waals surface area contributed by atoms with Crippen LogP contribution in [0.3, 0.4) is 0 Å². The molecule has 0 aliphatic carbocycles. The fourth-order valence-electron chi connectivity index (χ4n) is 1.50. The molecule has 0 saturated heterocycles.